The normalized spacial score (nSPS) is 20.2. The van der Waals surface area contributed by atoms with Crippen LogP contribution in [0.25, 0.3) is 5.57 Å². The van der Waals surface area contributed by atoms with Crippen LogP contribution in [0.3, 0.4) is 0 Å². The Labute approximate surface area is 110 Å². The standard InChI is InChI=1S/C16H24N2/c1-13(2)14-6-3-7-15(12-14)16-8-4-10-18(16)11-5-9-17/h3,6-7,12,16H,1,4-5,8-11,17H2,2H3. The van der Waals surface area contributed by atoms with Gasteiger partial charge in [-0.25, -0.2) is 0 Å². The van der Waals surface area contributed by atoms with Crippen molar-refractivity contribution in [1.82, 2.24) is 4.90 Å². The van der Waals surface area contributed by atoms with Gasteiger partial charge in [-0.3, -0.25) is 4.90 Å². The number of likely N-dealkylation sites (tertiary alicyclic amines) is 1. The van der Waals surface area contributed by atoms with Crippen molar-refractivity contribution in [3.63, 3.8) is 0 Å². The smallest absolute Gasteiger partial charge is 0.0348 e. The van der Waals surface area contributed by atoms with E-state index in [0.29, 0.717) is 6.04 Å². The van der Waals surface area contributed by atoms with Gasteiger partial charge in [-0.05, 0) is 63.0 Å². The SMILES string of the molecule is C=C(C)c1cccc(C2CCCN2CCCN)c1. The number of hydrogen-bond acceptors (Lipinski definition) is 2. The van der Waals surface area contributed by atoms with Crippen LogP contribution in [0.5, 0.6) is 0 Å². The fourth-order valence-electron chi connectivity index (χ4n) is 2.78. The minimum Gasteiger partial charge on any atom is -0.330 e. The lowest BCUT2D eigenvalue weighted by Crippen LogP contribution is -2.26. The average Bonchev–Trinajstić information content (AvgIpc) is 2.84. The van der Waals surface area contributed by atoms with Crippen molar-refractivity contribution in [2.45, 2.75) is 32.2 Å². The van der Waals surface area contributed by atoms with Gasteiger partial charge in [0.05, 0.1) is 0 Å². The first-order valence-corrected chi connectivity index (χ1v) is 6.92. The van der Waals surface area contributed by atoms with E-state index >= 15 is 0 Å². The van der Waals surface area contributed by atoms with Gasteiger partial charge in [-0.1, -0.05) is 30.4 Å². The number of rotatable bonds is 5. The van der Waals surface area contributed by atoms with E-state index in [1.54, 1.807) is 0 Å². The first-order valence-electron chi connectivity index (χ1n) is 6.92. The van der Waals surface area contributed by atoms with Crippen molar-refractivity contribution in [2.75, 3.05) is 19.6 Å². The van der Waals surface area contributed by atoms with E-state index in [9.17, 15) is 0 Å². The van der Waals surface area contributed by atoms with E-state index in [1.807, 2.05) is 0 Å². The van der Waals surface area contributed by atoms with E-state index in [4.69, 9.17) is 5.73 Å². The molecule has 1 aliphatic rings. The van der Waals surface area contributed by atoms with E-state index in [0.717, 1.165) is 25.1 Å². The third kappa shape index (κ3) is 3.01. The predicted molar refractivity (Wildman–Crippen MR) is 78.4 cm³/mol. The minimum atomic E-state index is 0.579. The topological polar surface area (TPSA) is 29.3 Å². The summed E-state index contributed by atoms with van der Waals surface area (Å²) in [6.07, 6.45) is 3.66. The summed E-state index contributed by atoms with van der Waals surface area (Å²) in [5, 5.41) is 0. The van der Waals surface area contributed by atoms with Crippen molar-refractivity contribution >= 4 is 5.57 Å². The number of hydrogen-bond donors (Lipinski definition) is 1. The number of benzene rings is 1. The maximum absolute atomic E-state index is 5.62. The fraction of sp³-hybridized carbons (Fsp3) is 0.500. The molecule has 0 spiro atoms. The monoisotopic (exact) mass is 244 g/mol. The van der Waals surface area contributed by atoms with Gasteiger partial charge in [-0.2, -0.15) is 0 Å². The van der Waals surface area contributed by atoms with Crippen LogP contribution in [-0.2, 0) is 0 Å². The van der Waals surface area contributed by atoms with Gasteiger partial charge >= 0.3 is 0 Å². The third-order valence-electron chi connectivity index (χ3n) is 3.78. The molecule has 2 N–H and O–H groups in total. The first kappa shape index (κ1) is 13.3. The lowest BCUT2D eigenvalue weighted by molar-refractivity contribution is 0.255. The zero-order valence-corrected chi connectivity index (χ0v) is 11.4. The number of nitrogens with zero attached hydrogens (tertiary/aromatic N) is 1. The average molecular weight is 244 g/mol. The van der Waals surface area contributed by atoms with Gasteiger partial charge < -0.3 is 5.73 Å². The van der Waals surface area contributed by atoms with Gasteiger partial charge in [0.15, 0.2) is 0 Å². The summed E-state index contributed by atoms with van der Waals surface area (Å²) in [6, 6.07) is 9.42. The number of allylic oxidation sites excluding steroid dienone is 1. The Hall–Kier alpha value is -1.12. The molecule has 18 heavy (non-hydrogen) atoms. The second-order valence-electron chi connectivity index (χ2n) is 5.24. The second-order valence-corrected chi connectivity index (χ2v) is 5.24. The van der Waals surface area contributed by atoms with E-state index in [2.05, 4.69) is 42.7 Å². The molecule has 0 amide bonds. The van der Waals surface area contributed by atoms with E-state index in [1.165, 1.54) is 30.5 Å². The summed E-state index contributed by atoms with van der Waals surface area (Å²) in [6.45, 7) is 9.22. The highest BCUT2D eigenvalue weighted by atomic mass is 15.2. The molecule has 0 aliphatic carbocycles. The zero-order valence-electron chi connectivity index (χ0n) is 11.4. The molecule has 1 heterocycles. The maximum atomic E-state index is 5.62. The van der Waals surface area contributed by atoms with Crippen LogP contribution < -0.4 is 5.73 Å². The van der Waals surface area contributed by atoms with Crippen LogP contribution in [-0.4, -0.2) is 24.5 Å². The maximum Gasteiger partial charge on any atom is 0.0348 e. The molecular formula is C16H24N2. The third-order valence-corrected chi connectivity index (χ3v) is 3.78. The predicted octanol–water partition coefficient (Wildman–Crippen LogP) is 3.21. The fourth-order valence-corrected chi connectivity index (χ4v) is 2.78. The van der Waals surface area contributed by atoms with E-state index < -0.39 is 0 Å². The molecule has 1 aliphatic heterocycles. The van der Waals surface area contributed by atoms with Gasteiger partial charge in [-0.15, -0.1) is 0 Å². The van der Waals surface area contributed by atoms with Crippen LogP contribution >= 0.6 is 0 Å². The summed E-state index contributed by atoms with van der Waals surface area (Å²) >= 11 is 0. The summed E-state index contributed by atoms with van der Waals surface area (Å²) in [7, 11) is 0. The molecule has 0 aromatic heterocycles. The molecule has 2 heteroatoms. The highest BCUT2D eigenvalue weighted by Gasteiger charge is 2.25. The van der Waals surface area contributed by atoms with Crippen LogP contribution in [0, 0.1) is 0 Å². The second kappa shape index (κ2) is 6.17. The van der Waals surface area contributed by atoms with Gasteiger partial charge in [0, 0.05) is 6.04 Å². The first-order chi connectivity index (χ1) is 8.72. The molecule has 0 saturated carbocycles. The molecule has 1 unspecified atom stereocenters. The molecule has 0 radical (unpaired) electrons. The minimum absolute atomic E-state index is 0.579. The molecule has 98 valence electrons. The Morgan fingerprint density at radius 2 is 2.33 bits per heavy atom. The quantitative estimate of drug-likeness (QED) is 0.862. The molecule has 1 aromatic rings. The van der Waals surface area contributed by atoms with Crippen LogP contribution in [0.1, 0.15) is 43.4 Å². The summed E-state index contributed by atoms with van der Waals surface area (Å²) in [4.78, 5) is 2.57. The van der Waals surface area contributed by atoms with Gasteiger partial charge in [0.25, 0.3) is 0 Å². The molecule has 2 nitrogen and oxygen atoms in total. The Morgan fingerprint density at radius 3 is 3.06 bits per heavy atom. The Bertz CT molecular complexity index is 411. The Balaban J connectivity index is 2.14. The van der Waals surface area contributed by atoms with Gasteiger partial charge in [0.1, 0.15) is 0 Å². The molecular weight excluding hydrogens is 220 g/mol. The molecule has 0 bridgehead atoms. The zero-order chi connectivity index (χ0) is 13.0. The highest BCUT2D eigenvalue weighted by molar-refractivity contribution is 5.61. The van der Waals surface area contributed by atoms with Crippen LogP contribution in [0.4, 0.5) is 0 Å². The molecule has 1 atom stereocenters. The lowest BCUT2D eigenvalue weighted by Gasteiger charge is -2.25. The Morgan fingerprint density at radius 1 is 1.50 bits per heavy atom. The van der Waals surface area contributed by atoms with E-state index in [-0.39, 0.29) is 0 Å². The van der Waals surface area contributed by atoms with Crippen LogP contribution in [0.2, 0.25) is 0 Å². The van der Waals surface area contributed by atoms with Crippen molar-refractivity contribution in [2.24, 2.45) is 5.73 Å². The number of nitrogens with two attached hydrogens (primary N) is 1. The summed E-state index contributed by atoms with van der Waals surface area (Å²) < 4.78 is 0. The van der Waals surface area contributed by atoms with Crippen molar-refractivity contribution < 1.29 is 0 Å². The van der Waals surface area contributed by atoms with Crippen molar-refractivity contribution in [1.29, 1.82) is 0 Å². The van der Waals surface area contributed by atoms with Crippen LogP contribution in [0.15, 0.2) is 30.8 Å². The lowest BCUT2D eigenvalue weighted by atomic mass is 9.99. The molecule has 2 rings (SSSR count). The van der Waals surface area contributed by atoms with Crippen molar-refractivity contribution in [3.05, 3.63) is 42.0 Å². The molecule has 1 fully saturated rings. The van der Waals surface area contributed by atoms with Gasteiger partial charge in [0.2, 0.25) is 0 Å². The largest absolute Gasteiger partial charge is 0.330 e. The highest BCUT2D eigenvalue weighted by Crippen LogP contribution is 2.32. The summed E-state index contributed by atoms with van der Waals surface area (Å²) in [5.41, 5.74) is 9.46. The van der Waals surface area contributed by atoms with Crippen molar-refractivity contribution in [3.8, 4) is 0 Å². The summed E-state index contributed by atoms with van der Waals surface area (Å²) in [5.74, 6) is 0. The Kier molecular flexibility index (Phi) is 4.56. The molecule has 1 saturated heterocycles. The molecule has 1 aromatic carbocycles.